The van der Waals surface area contributed by atoms with Crippen LogP contribution in [0.15, 0.2) is 73.1 Å². The van der Waals surface area contributed by atoms with Crippen LogP contribution in [0.2, 0.25) is 0 Å². The molecule has 1 saturated heterocycles. The van der Waals surface area contributed by atoms with E-state index < -0.39 is 17.6 Å². The topological polar surface area (TPSA) is 85.5 Å². The molecule has 3 aromatic rings. The third kappa shape index (κ3) is 4.87. The van der Waals surface area contributed by atoms with Gasteiger partial charge in [-0.1, -0.05) is 42.5 Å². The van der Waals surface area contributed by atoms with Crippen molar-refractivity contribution in [2.24, 2.45) is 5.73 Å². The lowest BCUT2D eigenvalue weighted by molar-refractivity contribution is -0.121. The molecule has 33 heavy (non-hydrogen) atoms. The van der Waals surface area contributed by atoms with Crippen LogP contribution in [0, 0.1) is 5.82 Å². The number of halogens is 1. The van der Waals surface area contributed by atoms with Crippen LogP contribution >= 0.6 is 0 Å². The van der Waals surface area contributed by atoms with Gasteiger partial charge in [-0.25, -0.2) is 9.18 Å². The third-order valence-corrected chi connectivity index (χ3v) is 6.27. The molecule has 2 atom stereocenters. The van der Waals surface area contributed by atoms with Crippen molar-refractivity contribution in [2.45, 2.75) is 37.8 Å². The van der Waals surface area contributed by atoms with Crippen molar-refractivity contribution >= 4 is 12.0 Å². The molecule has 4 rings (SSSR count). The minimum Gasteiger partial charge on any atom is -0.438 e. The van der Waals surface area contributed by atoms with Gasteiger partial charge >= 0.3 is 6.09 Å². The van der Waals surface area contributed by atoms with Crippen molar-refractivity contribution in [3.63, 3.8) is 0 Å². The fourth-order valence-electron chi connectivity index (χ4n) is 4.29. The summed E-state index contributed by atoms with van der Waals surface area (Å²) < 4.78 is 19.4. The SMILES string of the molecule is CC(c1ccc(-c2cccnc2)cc1)N1CCC(CCC(N)=O)(c2ccc(F)cc2)OC1=O. The van der Waals surface area contributed by atoms with Crippen LogP contribution in [-0.2, 0) is 15.1 Å². The average molecular weight is 448 g/mol. The first-order valence-corrected chi connectivity index (χ1v) is 10.9. The van der Waals surface area contributed by atoms with E-state index in [4.69, 9.17) is 10.5 Å². The maximum Gasteiger partial charge on any atom is 0.411 e. The minimum absolute atomic E-state index is 0.0655. The minimum atomic E-state index is -1.01. The van der Waals surface area contributed by atoms with E-state index in [0.29, 0.717) is 18.5 Å². The molecule has 2 unspecified atom stereocenters. The van der Waals surface area contributed by atoms with E-state index in [0.717, 1.165) is 16.7 Å². The van der Waals surface area contributed by atoms with E-state index in [-0.39, 0.29) is 24.7 Å². The monoisotopic (exact) mass is 447 g/mol. The molecule has 170 valence electrons. The van der Waals surface area contributed by atoms with Gasteiger partial charge in [0, 0.05) is 38.2 Å². The number of benzene rings is 2. The Balaban J connectivity index is 1.52. The van der Waals surface area contributed by atoms with Crippen LogP contribution in [0.25, 0.3) is 11.1 Å². The second kappa shape index (κ2) is 9.40. The molecule has 1 aromatic heterocycles. The highest BCUT2D eigenvalue weighted by molar-refractivity contribution is 5.74. The smallest absolute Gasteiger partial charge is 0.411 e. The summed E-state index contributed by atoms with van der Waals surface area (Å²) in [7, 11) is 0. The van der Waals surface area contributed by atoms with E-state index in [1.165, 1.54) is 12.1 Å². The zero-order chi connectivity index (χ0) is 23.4. The molecule has 1 fully saturated rings. The molecular weight excluding hydrogens is 421 g/mol. The molecule has 0 spiro atoms. The number of amides is 2. The summed E-state index contributed by atoms with van der Waals surface area (Å²) in [4.78, 5) is 30.4. The van der Waals surface area contributed by atoms with Gasteiger partial charge in [0.25, 0.3) is 0 Å². The van der Waals surface area contributed by atoms with E-state index >= 15 is 0 Å². The summed E-state index contributed by atoms with van der Waals surface area (Å²) in [5, 5.41) is 0. The lowest BCUT2D eigenvalue weighted by Crippen LogP contribution is -2.49. The molecule has 1 aliphatic heterocycles. The second-order valence-electron chi connectivity index (χ2n) is 8.32. The first-order valence-electron chi connectivity index (χ1n) is 10.9. The molecular formula is C26H26FN3O3. The number of hydrogen-bond acceptors (Lipinski definition) is 4. The Bertz CT molecular complexity index is 1120. The van der Waals surface area contributed by atoms with Crippen LogP contribution in [0.5, 0.6) is 0 Å². The summed E-state index contributed by atoms with van der Waals surface area (Å²) in [6.45, 7) is 2.38. The number of pyridine rings is 1. The Morgan fingerprint density at radius 3 is 2.48 bits per heavy atom. The number of aromatic nitrogens is 1. The summed E-state index contributed by atoms with van der Waals surface area (Å²) in [5.74, 6) is -0.854. The first kappa shape index (κ1) is 22.5. The molecule has 2 N–H and O–H groups in total. The summed E-state index contributed by atoms with van der Waals surface area (Å²) in [6, 6.07) is 17.5. The molecule has 0 aliphatic carbocycles. The van der Waals surface area contributed by atoms with Crippen molar-refractivity contribution in [3.8, 4) is 11.1 Å². The zero-order valence-corrected chi connectivity index (χ0v) is 18.4. The zero-order valence-electron chi connectivity index (χ0n) is 18.4. The molecule has 0 radical (unpaired) electrons. The van der Waals surface area contributed by atoms with Crippen LogP contribution < -0.4 is 5.73 Å². The number of rotatable bonds is 7. The Hall–Kier alpha value is -3.74. The fourth-order valence-corrected chi connectivity index (χ4v) is 4.29. The standard InChI is InChI=1S/C26H26FN3O3/c1-18(19-4-6-20(7-5-19)21-3-2-15-29-17-21)30-16-14-26(33-25(30)32,13-12-24(28)31)22-8-10-23(27)11-9-22/h2-11,15,17-18H,12-14,16H2,1H3,(H2,28,31). The number of primary amides is 1. The van der Waals surface area contributed by atoms with Gasteiger partial charge in [0.2, 0.25) is 5.91 Å². The number of carbonyl (C=O) groups is 2. The van der Waals surface area contributed by atoms with Gasteiger partial charge in [0.1, 0.15) is 11.4 Å². The van der Waals surface area contributed by atoms with E-state index in [9.17, 15) is 14.0 Å². The highest BCUT2D eigenvalue weighted by Gasteiger charge is 2.43. The molecule has 0 bridgehead atoms. The van der Waals surface area contributed by atoms with Crippen molar-refractivity contribution in [3.05, 3.63) is 90.0 Å². The third-order valence-electron chi connectivity index (χ3n) is 6.27. The van der Waals surface area contributed by atoms with Gasteiger partial charge in [-0.2, -0.15) is 0 Å². The van der Waals surface area contributed by atoms with Crippen molar-refractivity contribution in [1.82, 2.24) is 9.88 Å². The highest BCUT2D eigenvalue weighted by Crippen LogP contribution is 2.40. The Labute approximate surface area is 192 Å². The summed E-state index contributed by atoms with van der Waals surface area (Å²) in [6.07, 6.45) is 3.85. The predicted molar refractivity (Wildman–Crippen MR) is 122 cm³/mol. The largest absolute Gasteiger partial charge is 0.438 e. The number of nitrogens with zero attached hydrogens (tertiary/aromatic N) is 2. The van der Waals surface area contributed by atoms with Gasteiger partial charge in [-0.3, -0.25) is 9.78 Å². The van der Waals surface area contributed by atoms with Gasteiger partial charge in [-0.05, 0) is 47.4 Å². The molecule has 2 amide bonds. The highest BCUT2D eigenvalue weighted by atomic mass is 19.1. The summed E-state index contributed by atoms with van der Waals surface area (Å²) >= 11 is 0. The van der Waals surface area contributed by atoms with Crippen LogP contribution in [0.4, 0.5) is 9.18 Å². The normalized spacial score (nSPS) is 19.1. The molecule has 2 aromatic carbocycles. The maximum absolute atomic E-state index is 13.5. The van der Waals surface area contributed by atoms with Crippen LogP contribution in [0.3, 0.4) is 0 Å². The number of carbonyl (C=O) groups excluding carboxylic acids is 2. The molecule has 6 nitrogen and oxygen atoms in total. The van der Waals surface area contributed by atoms with E-state index in [2.05, 4.69) is 4.98 Å². The Morgan fingerprint density at radius 2 is 1.88 bits per heavy atom. The lowest BCUT2D eigenvalue weighted by Gasteiger charge is -2.43. The van der Waals surface area contributed by atoms with Gasteiger partial charge in [0.05, 0.1) is 6.04 Å². The fraction of sp³-hybridized carbons (Fsp3) is 0.269. The number of hydrogen-bond donors (Lipinski definition) is 1. The molecule has 7 heteroatoms. The Morgan fingerprint density at radius 1 is 1.15 bits per heavy atom. The van der Waals surface area contributed by atoms with Crippen LogP contribution in [-0.4, -0.2) is 28.4 Å². The number of ether oxygens (including phenoxy) is 1. The molecule has 0 saturated carbocycles. The summed E-state index contributed by atoms with van der Waals surface area (Å²) in [5.41, 5.74) is 8.04. The average Bonchev–Trinajstić information content (AvgIpc) is 2.83. The first-order chi connectivity index (χ1) is 15.9. The van der Waals surface area contributed by atoms with Gasteiger partial charge < -0.3 is 15.4 Å². The number of nitrogens with two attached hydrogens (primary N) is 1. The van der Waals surface area contributed by atoms with Gasteiger partial charge in [-0.15, -0.1) is 0 Å². The molecule has 2 heterocycles. The second-order valence-corrected chi connectivity index (χ2v) is 8.32. The predicted octanol–water partition coefficient (Wildman–Crippen LogP) is 4.95. The van der Waals surface area contributed by atoms with Crippen molar-refractivity contribution in [2.75, 3.05) is 6.54 Å². The Kier molecular flexibility index (Phi) is 6.40. The number of cyclic esters (lactones) is 1. The van der Waals surface area contributed by atoms with E-state index in [1.807, 2.05) is 49.5 Å². The lowest BCUT2D eigenvalue weighted by atomic mass is 9.84. The van der Waals surface area contributed by atoms with Crippen molar-refractivity contribution in [1.29, 1.82) is 0 Å². The molecule has 1 aliphatic rings. The maximum atomic E-state index is 13.5. The quantitative estimate of drug-likeness (QED) is 0.555. The van der Waals surface area contributed by atoms with Crippen molar-refractivity contribution < 1.29 is 18.7 Å². The van der Waals surface area contributed by atoms with E-state index in [1.54, 1.807) is 23.2 Å². The van der Waals surface area contributed by atoms with Gasteiger partial charge in [0.15, 0.2) is 0 Å². The van der Waals surface area contributed by atoms with Crippen LogP contribution in [0.1, 0.15) is 43.4 Å².